The molecule has 13 rings (SSSR count). The Hall–Kier alpha value is -9.19. The molecule has 0 N–H and O–H groups in total. The van der Waals surface area contributed by atoms with Gasteiger partial charge in [-0.15, -0.1) is 0 Å². The van der Waals surface area contributed by atoms with Crippen molar-refractivity contribution in [1.82, 2.24) is 19.5 Å². The molecule has 4 heterocycles. The molecule has 0 atom stereocenters. The van der Waals surface area contributed by atoms with Gasteiger partial charge in [0.05, 0.1) is 39.0 Å². The number of pyridine rings is 1. The Kier molecular flexibility index (Phi) is 9.43. The lowest BCUT2D eigenvalue weighted by Crippen LogP contribution is -1.97. The normalized spacial score (nSPS) is 11.5. The average molecular weight is 869 g/mol. The summed E-state index contributed by atoms with van der Waals surface area (Å²) in [4.78, 5) is 15.7. The Morgan fingerprint density at radius 3 is 1.49 bits per heavy atom. The van der Waals surface area contributed by atoms with E-state index < -0.39 is 0 Å². The highest BCUT2D eigenvalue weighted by Gasteiger charge is 2.24. The second-order valence-electron chi connectivity index (χ2n) is 17.1. The van der Waals surface area contributed by atoms with Crippen molar-refractivity contribution in [2.75, 3.05) is 0 Å². The van der Waals surface area contributed by atoms with Gasteiger partial charge in [0.1, 0.15) is 11.3 Å². The zero-order valence-electron chi connectivity index (χ0n) is 36.8. The minimum Gasteiger partial charge on any atom is -0.455 e. The third kappa shape index (κ3) is 6.76. The van der Waals surface area contributed by atoms with Crippen molar-refractivity contribution in [2.24, 2.45) is 0 Å². The van der Waals surface area contributed by atoms with E-state index in [1.54, 1.807) is 0 Å². The Balaban J connectivity index is 0.879. The van der Waals surface area contributed by atoms with Gasteiger partial charge in [0, 0.05) is 55.2 Å². The molecule has 0 radical (unpaired) electrons. The van der Waals surface area contributed by atoms with Gasteiger partial charge >= 0.3 is 0 Å². The zero-order chi connectivity index (χ0) is 45.0. The average Bonchev–Trinajstić information content (AvgIpc) is 3.99. The Labute approximate surface area is 392 Å². The first-order valence-corrected chi connectivity index (χ1v) is 22.9. The van der Waals surface area contributed by atoms with E-state index in [9.17, 15) is 0 Å². The molecule has 0 saturated heterocycles. The lowest BCUT2D eigenvalue weighted by atomic mass is 9.94. The second-order valence-corrected chi connectivity index (χ2v) is 17.1. The number of furan rings is 1. The minimum absolute atomic E-state index is 0.681. The SMILES string of the molecule is c1ccc(-c2nc(-c3ccc(-c4ccc(-c5nc6ccccc6c6oc(-c7ccccc7)c(-c7ccccc7)c56)cc4)cc3)cc(-c3cccc(-n4c5ccccc5c5ccccc54)c3)n2)cc1. The Morgan fingerprint density at radius 1 is 0.338 bits per heavy atom. The monoisotopic (exact) mass is 868 g/mol. The van der Waals surface area contributed by atoms with Crippen LogP contribution in [0.1, 0.15) is 0 Å². The van der Waals surface area contributed by atoms with E-state index in [4.69, 9.17) is 19.4 Å². The summed E-state index contributed by atoms with van der Waals surface area (Å²) in [7, 11) is 0. The van der Waals surface area contributed by atoms with Crippen LogP contribution in [-0.2, 0) is 0 Å². The van der Waals surface area contributed by atoms with Crippen LogP contribution in [0.4, 0.5) is 0 Å². The fourth-order valence-electron chi connectivity index (χ4n) is 9.79. The molecule has 0 spiro atoms. The van der Waals surface area contributed by atoms with E-state index in [1.807, 2.05) is 30.3 Å². The van der Waals surface area contributed by atoms with Gasteiger partial charge in [-0.2, -0.15) is 0 Å². The molecule has 0 bridgehead atoms. The second kappa shape index (κ2) is 16.4. The maximum atomic E-state index is 6.92. The third-order valence-corrected chi connectivity index (χ3v) is 13.0. The largest absolute Gasteiger partial charge is 0.455 e. The highest BCUT2D eigenvalue weighted by Crippen LogP contribution is 2.47. The van der Waals surface area contributed by atoms with E-state index >= 15 is 0 Å². The van der Waals surface area contributed by atoms with E-state index in [0.717, 1.165) is 100 Å². The molecule has 318 valence electrons. The highest BCUT2D eigenvalue weighted by atomic mass is 16.3. The maximum Gasteiger partial charge on any atom is 0.160 e. The van der Waals surface area contributed by atoms with E-state index in [0.29, 0.717) is 5.82 Å². The van der Waals surface area contributed by atoms with Gasteiger partial charge in [-0.05, 0) is 59.2 Å². The number of hydrogen-bond donors (Lipinski definition) is 0. The summed E-state index contributed by atoms with van der Waals surface area (Å²) in [6, 6.07) is 84.8. The number of nitrogens with zero attached hydrogens (tertiary/aromatic N) is 4. The lowest BCUT2D eigenvalue weighted by molar-refractivity contribution is 0.636. The minimum atomic E-state index is 0.681. The van der Waals surface area contributed by atoms with Crippen LogP contribution in [0.3, 0.4) is 0 Å². The molecule has 0 fully saturated rings. The van der Waals surface area contributed by atoms with Gasteiger partial charge in [0.2, 0.25) is 0 Å². The third-order valence-electron chi connectivity index (χ3n) is 13.0. The van der Waals surface area contributed by atoms with Crippen LogP contribution in [0, 0.1) is 0 Å². The molecule has 4 aromatic heterocycles. The van der Waals surface area contributed by atoms with Crippen LogP contribution in [0.25, 0.3) is 128 Å². The molecule has 0 amide bonds. The number of fused-ring (bicyclic) bond motifs is 6. The fraction of sp³-hybridized carbons (Fsp3) is 0. The number of aromatic nitrogens is 4. The van der Waals surface area contributed by atoms with Crippen molar-refractivity contribution in [1.29, 1.82) is 0 Å². The van der Waals surface area contributed by atoms with Gasteiger partial charge in [-0.25, -0.2) is 15.0 Å². The molecule has 0 saturated carbocycles. The molecule has 5 nitrogen and oxygen atoms in total. The van der Waals surface area contributed by atoms with Crippen molar-refractivity contribution in [3.8, 4) is 84.4 Å². The summed E-state index contributed by atoms with van der Waals surface area (Å²) in [5, 5.41) is 4.46. The maximum absolute atomic E-state index is 6.92. The molecular formula is C63H40N4O. The highest BCUT2D eigenvalue weighted by molar-refractivity contribution is 6.17. The predicted octanol–water partition coefficient (Wildman–Crippen LogP) is 16.5. The standard InChI is InChI=1S/C63H40N4O/c1-4-17-44(18-5-1)58-59-60(64-53-28-13-10-27-52(53)62(59)68-61(58)46-19-6-2-7-20-46)45-37-33-42(34-38-45)41-31-35-43(36-32-41)54-40-55(66-63(65-54)47-21-8-3-9-22-47)48-23-16-24-49(39-48)67-56-29-14-11-25-50(56)51-26-12-15-30-57(51)67/h1-40H. The fourth-order valence-corrected chi connectivity index (χ4v) is 9.79. The number of benzene rings is 9. The van der Waals surface area contributed by atoms with Crippen LogP contribution in [0.15, 0.2) is 247 Å². The predicted molar refractivity (Wildman–Crippen MR) is 279 cm³/mol. The van der Waals surface area contributed by atoms with Crippen LogP contribution < -0.4 is 0 Å². The van der Waals surface area contributed by atoms with E-state index in [1.165, 1.54) is 21.8 Å². The Bertz CT molecular complexity index is 3940. The summed E-state index contributed by atoms with van der Waals surface area (Å²) in [5.74, 6) is 1.52. The van der Waals surface area contributed by atoms with Crippen molar-refractivity contribution < 1.29 is 4.42 Å². The van der Waals surface area contributed by atoms with E-state index in [2.05, 4.69) is 217 Å². The van der Waals surface area contributed by atoms with Crippen LogP contribution in [0.2, 0.25) is 0 Å². The molecule has 0 aliphatic rings. The van der Waals surface area contributed by atoms with Crippen LogP contribution in [-0.4, -0.2) is 19.5 Å². The first kappa shape index (κ1) is 39.2. The molecule has 0 unspecified atom stereocenters. The van der Waals surface area contributed by atoms with Gasteiger partial charge in [0.15, 0.2) is 5.82 Å². The van der Waals surface area contributed by atoms with Gasteiger partial charge in [-0.1, -0.05) is 200 Å². The molecular weight excluding hydrogens is 829 g/mol. The molecule has 5 heteroatoms. The molecule has 68 heavy (non-hydrogen) atoms. The number of hydrogen-bond acceptors (Lipinski definition) is 4. The van der Waals surface area contributed by atoms with Gasteiger partial charge in [0.25, 0.3) is 0 Å². The summed E-state index contributed by atoms with van der Waals surface area (Å²) in [6.07, 6.45) is 0. The topological polar surface area (TPSA) is 56.7 Å². The van der Waals surface area contributed by atoms with Crippen LogP contribution in [0.5, 0.6) is 0 Å². The first-order chi connectivity index (χ1) is 33.7. The quantitative estimate of drug-likeness (QED) is 0.153. The van der Waals surface area contributed by atoms with Crippen molar-refractivity contribution in [3.63, 3.8) is 0 Å². The number of rotatable bonds is 8. The lowest BCUT2D eigenvalue weighted by Gasteiger charge is -2.12. The summed E-state index contributed by atoms with van der Waals surface area (Å²) >= 11 is 0. The smallest absolute Gasteiger partial charge is 0.160 e. The molecule has 0 aliphatic carbocycles. The van der Waals surface area contributed by atoms with Crippen molar-refractivity contribution in [2.45, 2.75) is 0 Å². The first-order valence-electron chi connectivity index (χ1n) is 22.9. The Morgan fingerprint density at radius 2 is 0.838 bits per heavy atom. The molecule has 9 aromatic carbocycles. The van der Waals surface area contributed by atoms with E-state index in [-0.39, 0.29) is 0 Å². The van der Waals surface area contributed by atoms with Gasteiger partial charge in [-0.3, -0.25) is 0 Å². The summed E-state index contributed by atoms with van der Waals surface area (Å²) in [6.45, 7) is 0. The number of para-hydroxylation sites is 3. The summed E-state index contributed by atoms with van der Waals surface area (Å²) in [5.41, 5.74) is 17.1. The van der Waals surface area contributed by atoms with Gasteiger partial charge < -0.3 is 8.98 Å². The summed E-state index contributed by atoms with van der Waals surface area (Å²) < 4.78 is 9.27. The zero-order valence-corrected chi connectivity index (χ0v) is 36.8. The van der Waals surface area contributed by atoms with Crippen molar-refractivity contribution >= 4 is 43.7 Å². The molecule has 13 aromatic rings. The van der Waals surface area contributed by atoms with Crippen molar-refractivity contribution in [3.05, 3.63) is 243 Å². The van der Waals surface area contributed by atoms with Crippen LogP contribution >= 0.6 is 0 Å². The molecule has 0 aliphatic heterocycles.